The first-order chi connectivity index (χ1) is 9.43. The lowest BCUT2D eigenvalue weighted by Gasteiger charge is -1.98. The zero-order valence-corrected chi connectivity index (χ0v) is 12.0. The molecule has 1 aromatic carbocycles. The van der Waals surface area contributed by atoms with E-state index in [0.29, 0.717) is 9.58 Å². The molecule has 9 heteroatoms. The van der Waals surface area contributed by atoms with Crippen molar-refractivity contribution in [2.45, 2.75) is 25.8 Å². The zero-order chi connectivity index (χ0) is 16.4. The fourth-order valence-corrected chi connectivity index (χ4v) is 3.64. The van der Waals surface area contributed by atoms with Gasteiger partial charge in [0.1, 0.15) is 0 Å². The molecule has 1 heterocycles. The Morgan fingerprint density at radius 1 is 1.05 bits per heavy atom. The van der Waals surface area contributed by atoms with E-state index in [2.05, 4.69) is 0 Å². The van der Waals surface area contributed by atoms with Crippen molar-refractivity contribution in [3.8, 4) is 0 Å². The Kier molecular flexibility index (Phi) is 5.30. The molecule has 0 amide bonds. The average molecular weight is 332 g/mol. The molecule has 0 aliphatic carbocycles. The summed E-state index contributed by atoms with van der Waals surface area (Å²) in [5, 5.41) is 0.734. The Bertz CT molecular complexity index is 606. The summed E-state index contributed by atoms with van der Waals surface area (Å²) in [6.45, 7) is 3.55. The molecule has 0 saturated heterocycles. The molecule has 0 bridgehead atoms. The molecule has 1 unspecified atom stereocenters. The lowest BCUT2D eigenvalue weighted by atomic mass is 10.1. The standard InChI is InChI=1S/C12H12F3S.BF4/c1-3-9-4-5-11-10(7-9)6-8(2)16(11)12(13,14)15;2-1(3,4)5/h4-7H,3H2,1-2H3;/q+1;-1. The maximum absolute atomic E-state index is 12.8. The number of benzene rings is 1. The van der Waals surface area contributed by atoms with Gasteiger partial charge in [0.25, 0.3) is 0 Å². The van der Waals surface area contributed by atoms with Gasteiger partial charge in [-0.15, -0.1) is 13.2 Å². The molecule has 0 fully saturated rings. The largest absolute Gasteiger partial charge is 0.673 e. The van der Waals surface area contributed by atoms with Gasteiger partial charge in [-0.2, -0.15) is 0 Å². The summed E-state index contributed by atoms with van der Waals surface area (Å²) in [7, 11) is -7.71. The summed E-state index contributed by atoms with van der Waals surface area (Å²) in [4.78, 5) is 0.413. The van der Waals surface area contributed by atoms with Crippen LogP contribution in [-0.4, -0.2) is 7.25 Å². The molecule has 118 valence electrons. The lowest BCUT2D eigenvalue weighted by Crippen LogP contribution is -2.02. The molecule has 0 nitrogen and oxygen atoms in total. The molecule has 2 aromatic rings. The quantitative estimate of drug-likeness (QED) is 0.330. The van der Waals surface area contributed by atoms with E-state index in [1.165, 1.54) is 0 Å². The molecule has 2 rings (SSSR count). The number of rotatable bonds is 1. The van der Waals surface area contributed by atoms with Gasteiger partial charge in [0.15, 0.2) is 9.58 Å². The van der Waals surface area contributed by atoms with Crippen LogP contribution in [0.15, 0.2) is 24.3 Å². The molecule has 0 spiro atoms. The Balaban J connectivity index is 0.000000383. The number of fused-ring (bicyclic) bond motifs is 1. The Hall–Kier alpha value is -1.25. The van der Waals surface area contributed by atoms with E-state index in [4.69, 9.17) is 0 Å². The molecule has 0 radical (unpaired) electrons. The summed E-state index contributed by atoms with van der Waals surface area (Å²) < 4.78 is 78.0. The van der Waals surface area contributed by atoms with Crippen LogP contribution < -0.4 is 0 Å². The third-order valence-corrected chi connectivity index (χ3v) is 4.65. The highest BCUT2D eigenvalue weighted by atomic mass is 32.2. The van der Waals surface area contributed by atoms with Crippen LogP contribution in [0.2, 0.25) is 0 Å². The lowest BCUT2D eigenvalue weighted by molar-refractivity contribution is -0.0867. The van der Waals surface area contributed by atoms with Gasteiger partial charge in [-0.1, -0.05) is 13.0 Å². The van der Waals surface area contributed by atoms with Crippen molar-refractivity contribution < 1.29 is 30.4 Å². The second-order valence-electron chi connectivity index (χ2n) is 4.23. The Morgan fingerprint density at radius 3 is 2.00 bits per heavy atom. The predicted molar refractivity (Wildman–Crippen MR) is 72.0 cm³/mol. The van der Waals surface area contributed by atoms with Gasteiger partial charge in [0.2, 0.25) is 0 Å². The SMILES string of the molecule is CCc1ccc2c(c1)cc(C)[s+]2C(F)(F)F.F[B-](F)(F)F. The maximum Gasteiger partial charge on any atom is 0.673 e. The van der Waals surface area contributed by atoms with Gasteiger partial charge in [0, 0.05) is 18.4 Å². The van der Waals surface area contributed by atoms with Crippen molar-refractivity contribution in [2.75, 3.05) is 0 Å². The second-order valence-corrected chi connectivity index (χ2v) is 6.39. The summed E-state index contributed by atoms with van der Waals surface area (Å²) in [5.41, 5.74) is -3.07. The number of hydrogen-bond acceptors (Lipinski definition) is 0. The van der Waals surface area contributed by atoms with Crippen LogP contribution in [0.25, 0.3) is 10.1 Å². The van der Waals surface area contributed by atoms with E-state index in [0.717, 1.165) is 17.4 Å². The zero-order valence-electron chi connectivity index (χ0n) is 11.1. The van der Waals surface area contributed by atoms with Crippen molar-refractivity contribution in [3.63, 3.8) is 0 Å². The molecule has 1 aromatic heterocycles. The number of thiophene rings is 1. The minimum atomic E-state index is -6.00. The third kappa shape index (κ3) is 5.22. The first kappa shape index (κ1) is 17.8. The summed E-state index contributed by atoms with van der Waals surface area (Å²) in [5.74, 6) is 0. The average Bonchev–Trinajstić information content (AvgIpc) is 2.60. The Labute approximate surface area is 119 Å². The van der Waals surface area contributed by atoms with Crippen LogP contribution in [0.3, 0.4) is 0 Å². The van der Waals surface area contributed by atoms with E-state index < -0.39 is 23.2 Å². The first-order valence-corrected chi connectivity index (χ1v) is 7.15. The summed E-state index contributed by atoms with van der Waals surface area (Å²) in [6, 6.07) is 6.93. The van der Waals surface area contributed by atoms with Gasteiger partial charge in [-0.05, 0) is 24.1 Å². The van der Waals surface area contributed by atoms with Gasteiger partial charge < -0.3 is 17.3 Å². The highest BCUT2D eigenvalue weighted by molar-refractivity contribution is 7.38. The molecule has 0 aliphatic rings. The highest BCUT2D eigenvalue weighted by Crippen LogP contribution is 2.50. The topological polar surface area (TPSA) is 0 Å². The molecule has 21 heavy (non-hydrogen) atoms. The van der Waals surface area contributed by atoms with Crippen molar-refractivity contribution in [1.29, 1.82) is 0 Å². The first-order valence-electron chi connectivity index (χ1n) is 5.93. The van der Waals surface area contributed by atoms with Crippen LogP contribution >= 0.6 is 10.5 Å². The van der Waals surface area contributed by atoms with E-state index in [-0.39, 0.29) is 0 Å². The smallest absolute Gasteiger partial charge is 0.418 e. The number of alkyl halides is 3. The van der Waals surface area contributed by atoms with E-state index >= 15 is 0 Å². The molecule has 1 atom stereocenters. The van der Waals surface area contributed by atoms with E-state index in [9.17, 15) is 30.4 Å². The summed E-state index contributed by atoms with van der Waals surface area (Å²) in [6.07, 6.45) is 0.847. The van der Waals surface area contributed by atoms with E-state index in [1.807, 2.05) is 13.0 Å². The molecule has 0 aliphatic heterocycles. The highest BCUT2D eigenvalue weighted by Gasteiger charge is 2.46. The van der Waals surface area contributed by atoms with Crippen LogP contribution in [0.1, 0.15) is 17.4 Å². The van der Waals surface area contributed by atoms with Crippen LogP contribution in [0.5, 0.6) is 0 Å². The molecular formula is C12H12BF7S. The van der Waals surface area contributed by atoms with Crippen molar-refractivity contribution in [3.05, 3.63) is 34.7 Å². The van der Waals surface area contributed by atoms with Crippen LogP contribution in [0.4, 0.5) is 30.4 Å². The van der Waals surface area contributed by atoms with Crippen molar-refractivity contribution >= 4 is 27.8 Å². The normalized spacial score (nSPS) is 13.1. The van der Waals surface area contributed by atoms with Gasteiger partial charge >= 0.3 is 12.8 Å². The minimum Gasteiger partial charge on any atom is -0.418 e. The van der Waals surface area contributed by atoms with Crippen molar-refractivity contribution in [1.82, 2.24) is 0 Å². The second kappa shape index (κ2) is 6.25. The Morgan fingerprint density at radius 2 is 1.57 bits per heavy atom. The fraction of sp³-hybridized carbons (Fsp3) is 0.333. The van der Waals surface area contributed by atoms with Crippen molar-refractivity contribution in [2.24, 2.45) is 0 Å². The molecule has 0 saturated carbocycles. The number of hydrogen-bond donors (Lipinski definition) is 0. The predicted octanol–water partition coefficient (Wildman–Crippen LogP) is 6.24. The fourth-order valence-electron chi connectivity index (χ4n) is 1.88. The van der Waals surface area contributed by atoms with Crippen LogP contribution in [-0.2, 0) is 11.9 Å². The molecule has 0 N–H and O–H groups in total. The number of aryl methyl sites for hydroxylation is 2. The summed E-state index contributed by atoms with van der Waals surface area (Å²) >= 11 is 0. The van der Waals surface area contributed by atoms with Crippen LogP contribution in [0, 0.1) is 6.92 Å². The molecular weight excluding hydrogens is 320 g/mol. The monoisotopic (exact) mass is 332 g/mol. The third-order valence-electron chi connectivity index (χ3n) is 2.61. The van der Waals surface area contributed by atoms with Gasteiger partial charge in [0.05, 0.1) is 10.5 Å². The van der Waals surface area contributed by atoms with Gasteiger partial charge in [-0.3, -0.25) is 0 Å². The number of halogens is 7. The van der Waals surface area contributed by atoms with E-state index in [1.54, 1.807) is 25.1 Å². The maximum atomic E-state index is 12.8. The van der Waals surface area contributed by atoms with Gasteiger partial charge in [-0.25, -0.2) is 0 Å². The minimum absolute atomic E-state index is 0.413.